The molecule has 2 atom stereocenters. The Morgan fingerprint density at radius 2 is 2.24 bits per heavy atom. The summed E-state index contributed by atoms with van der Waals surface area (Å²) in [6.45, 7) is 6.73. The molecule has 0 spiro atoms. The highest BCUT2D eigenvalue weighted by molar-refractivity contribution is 6.33. The van der Waals surface area contributed by atoms with Crippen LogP contribution in [0.1, 0.15) is 26.7 Å². The topological polar surface area (TPSA) is 97.4 Å². The van der Waals surface area contributed by atoms with Crippen molar-refractivity contribution in [2.24, 2.45) is 5.92 Å². The van der Waals surface area contributed by atoms with E-state index >= 15 is 0 Å². The van der Waals surface area contributed by atoms with Gasteiger partial charge in [0.15, 0.2) is 11.6 Å². The number of hydrogen-bond acceptors (Lipinski definition) is 7. The van der Waals surface area contributed by atoms with Crippen molar-refractivity contribution in [2.45, 2.75) is 38.4 Å². The number of anilines is 2. The summed E-state index contributed by atoms with van der Waals surface area (Å²) in [6.07, 6.45) is 3.05. The Bertz CT molecular complexity index is 990. The number of piperidine rings is 1. The van der Waals surface area contributed by atoms with Crippen molar-refractivity contribution in [3.05, 3.63) is 35.2 Å². The van der Waals surface area contributed by atoms with Crippen LogP contribution >= 0.6 is 11.6 Å². The summed E-state index contributed by atoms with van der Waals surface area (Å²) < 4.78 is 25.9. The van der Waals surface area contributed by atoms with Gasteiger partial charge >= 0.3 is 0 Å². The second-order valence-corrected chi connectivity index (χ2v) is 9.40. The van der Waals surface area contributed by atoms with Gasteiger partial charge in [0, 0.05) is 24.8 Å². The molecule has 2 aliphatic heterocycles. The van der Waals surface area contributed by atoms with E-state index in [1.807, 2.05) is 13.8 Å². The molecular formula is C23H29ClFN5O3. The first-order valence-corrected chi connectivity index (χ1v) is 11.5. The summed E-state index contributed by atoms with van der Waals surface area (Å²) in [7, 11) is 0. The van der Waals surface area contributed by atoms with Gasteiger partial charge in [-0.05, 0) is 51.4 Å². The van der Waals surface area contributed by atoms with Gasteiger partial charge in [0.1, 0.15) is 5.82 Å². The fourth-order valence-corrected chi connectivity index (χ4v) is 3.98. The van der Waals surface area contributed by atoms with Crippen LogP contribution in [0.25, 0.3) is 11.3 Å². The zero-order valence-corrected chi connectivity index (χ0v) is 19.5. The van der Waals surface area contributed by atoms with Crippen molar-refractivity contribution < 1.29 is 18.7 Å². The first kappa shape index (κ1) is 23.8. The molecule has 8 nitrogen and oxygen atoms in total. The second-order valence-electron chi connectivity index (χ2n) is 8.99. The lowest BCUT2D eigenvalue weighted by atomic mass is 9.99. The maximum atomic E-state index is 14.4. The predicted octanol–water partition coefficient (Wildman–Crippen LogP) is 3.48. The molecule has 1 unspecified atom stereocenters. The number of ether oxygens (including phenoxy) is 2. The zero-order valence-electron chi connectivity index (χ0n) is 18.8. The molecule has 2 saturated heterocycles. The summed E-state index contributed by atoms with van der Waals surface area (Å²) in [5.41, 5.74) is 0.687. The quantitative estimate of drug-likeness (QED) is 0.586. The van der Waals surface area contributed by atoms with E-state index in [-0.39, 0.29) is 29.3 Å². The molecule has 10 heteroatoms. The average Bonchev–Trinajstić information content (AvgIpc) is 2.81. The third-order valence-corrected chi connectivity index (χ3v) is 6.02. The summed E-state index contributed by atoms with van der Waals surface area (Å²) in [4.78, 5) is 21.2. The Balaban J connectivity index is 1.45. The van der Waals surface area contributed by atoms with Crippen LogP contribution in [0.3, 0.4) is 0 Å². The molecule has 0 saturated carbocycles. The van der Waals surface area contributed by atoms with Crippen molar-refractivity contribution in [1.82, 2.24) is 15.3 Å². The van der Waals surface area contributed by atoms with E-state index in [0.29, 0.717) is 48.4 Å². The van der Waals surface area contributed by atoms with Gasteiger partial charge in [-0.25, -0.2) is 14.4 Å². The standard InChI is InChI=1S/C23H29ClFN5O3/c1-23(2)13-32-15(12-33-23)10-28-21-18(25)5-6-19(29-21)16-8-20(27-11-17(16)24)30-22(31)14-4-3-7-26-9-14/h5-6,8,11,14-15,26H,3-4,7,9-10,12-13H2,1-2H3,(H,28,29)(H,27,30,31)/t14?,15-/m1/s1. The van der Waals surface area contributed by atoms with Gasteiger partial charge in [-0.3, -0.25) is 4.79 Å². The van der Waals surface area contributed by atoms with Crippen molar-refractivity contribution in [3.8, 4) is 11.3 Å². The minimum absolute atomic E-state index is 0.0877. The number of amides is 1. The molecule has 178 valence electrons. The zero-order chi connectivity index (χ0) is 23.4. The number of nitrogens with one attached hydrogen (secondary N) is 3. The fourth-order valence-electron chi connectivity index (χ4n) is 3.78. The average molecular weight is 478 g/mol. The van der Waals surface area contributed by atoms with Crippen LogP contribution < -0.4 is 16.0 Å². The number of aromatic nitrogens is 2. The van der Waals surface area contributed by atoms with Crippen molar-refractivity contribution >= 4 is 29.1 Å². The molecular weight excluding hydrogens is 449 g/mol. The first-order chi connectivity index (χ1) is 15.8. The van der Waals surface area contributed by atoms with Crippen LogP contribution in [0.4, 0.5) is 16.0 Å². The molecule has 1 amide bonds. The predicted molar refractivity (Wildman–Crippen MR) is 125 cm³/mol. The SMILES string of the molecule is CC1(C)CO[C@H](CNc2nc(-c3cc(NC(=O)C4CCCNC4)ncc3Cl)ccc2F)CO1. The van der Waals surface area contributed by atoms with Gasteiger partial charge in [0.05, 0.1) is 41.6 Å². The largest absolute Gasteiger partial charge is 0.371 e. The molecule has 4 rings (SSSR count). The van der Waals surface area contributed by atoms with Gasteiger partial charge in [-0.2, -0.15) is 0 Å². The van der Waals surface area contributed by atoms with E-state index in [1.54, 1.807) is 12.1 Å². The van der Waals surface area contributed by atoms with E-state index in [1.165, 1.54) is 12.3 Å². The monoisotopic (exact) mass is 477 g/mol. The van der Waals surface area contributed by atoms with E-state index in [2.05, 4.69) is 25.9 Å². The molecule has 3 N–H and O–H groups in total. The third-order valence-electron chi connectivity index (χ3n) is 5.72. The molecule has 2 aromatic rings. The van der Waals surface area contributed by atoms with Crippen molar-refractivity contribution in [2.75, 3.05) is 43.5 Å². The maximum absolute atomic E-state index is 14.4. The second kappa shape index (κ2) is 10.3. The molecule has 0 radical (unpaired) electrons. The Hall–Kier alpha value is -2.33. The molecule has 2 aromatic heterocycles. The molecule has 0 aromatic carbocycles. The van der Waals surface area contributed by atoms with Crippen LogP contribution in [0.15, 0.2) is 24.4 Å². The normalized spacial score (nSPS) is 22.5. The Morgan fingerprint density at radius 1 is 1.39 bits per heavy atom. The minimum Gasteiger partial charge on any atom is -0.371 e. The van der Waals surface area contributed by atoms with Gasteiger partial charge in [0.2, 0.25) is 5.91 Å². The van der Waals surface area contributed by atoms with Gasteiger partial charge in [0.25, 0.3) is 0 Å². The van der Waals surface area contributed by atoms with Crippen LogP contribution in [0.5, 0.6) is 0 Å². The summed E-state index contributed by atoms with van der Waals surface area (Å²) >= 11 is 6.36. The smallest absolute Gasteiger partial charge is 0.229 e. The molecule has 4 heterocycles. The molecule has 0 bridgehead atoms. The lowest BCUT2D eigenvalue weighted by molar-refractivity contribution is -0.170. The number of carbonyl (C=O) groups excluding carboxylic acids is 1. The van der Waals surface area contributed by atoms with Gasteiger partial charge < -0.3 is 25.4 Å². The number of pyridine rings is 2. The Morgan fingerprint density at radius 3 is 2.97 bits per heavy atom. The van der Waals surface area contributed by atoms with E-state index < -0.39 is 5.82 Å². The molecule has 2 aliphatic rings. The van der Waals surface area contributed by atoms with Gasteiger partial charge in [-0.1, -0.05) is 11.6 Å². The number of carbonyl (C=O) groups is 1. The number of halogens is 2. The molecule has 2 fully saturated rings. The van der Waals surface area contributed by atoms with E-state index in [4.69, 9.17) is 21.1 Å². The maximum Gasteiger partial charge on any atom is 0.229 e. The summed E-state index contributed by atoms with van der Waals surface area (Å²) in [5.74, 6) is -0.209. The lowest BCUT2D eigenvalue weighted by Gasteiger charge is -2.35. The summed E-state index contributed by atoms with van der Waals surface area (Å²) in [6, 6.07) is 4.52. The highest BCUT2D eigenvalue weighted by atomic mass is 35.5. The van der Waals surface area contributed by atoms with Crippen LogP contribution in [-0.2, 0) is 14.3 Å². The highest BCUT2D eigenvalue weighted by Crippen LogP contribution is 2.30. The highest BCUT2D eigenvalue weighted by Gasteiger charge is 2.28. The first-order valence-electron chi connectivity index (χ1n) is 11.1. The third kappa shape index (κ3) is 6.17. The van der Waals surface area contributed by atoms with Crippen LogP contribution in [0.2, 0.25) is 5.02 Å². The van der Waals surface area contributed by atoms with Crippen LogP contribution in [0, 0.1) is 11.7 Å². The van der Waals surface area contributed by atoms with Crippen LogP contribution in [-0.4, -0.2) is 60.4 Å². The molecule has 33 heavy (non-hydrogen) atoms. The Labute approximate surface area is 197 Å². The van der Waals surface area contributed by atoms with E-state index in [0.717, 1.165) is 19.4 Å². The number of nitrogens with zero attached hydrogens (tertiary/aromatic N) is 2. The fraction of sp³-hybridized carbons (Fsp3) is 0.522. The number of hydrogen-bond donors (Lipinski definition) is 3. The van der Waals surface area contributed by atoms with Crippen molar-refractivity contribution in [1.29, 1.82) is 0 Å². The number of rotatable bonds is 6. The van der Waals surface area contributed by atoms with E-state index in [9.17, 15) is 9.18 Å². The molecule has 0 aliphatic carbocycles. The van der Waals surface area contributed by atoms with Gasteiger partial charge in [-0.15, -0.1) is 0 Å². The Kier molecular flexibility index (Phi) is 7.43. The van der Waals surface area contributed by atoms with Crippen molar-refractivity contribution in [3.63, 3.8) is 0 Å². The lowest BCUT2D eigenvalue weighted by Crippen LogP contribution is -2.44. The minimum atomic E-state index is -0.487. The summed E-state index contributed by atoms with van der Waals surface area (Å²) in [5, 5.41) is 9.43.